The molecule has 7 rings (SSSR count). The van der Waals surface area contributed by atoms with E-state index in [0.29, 0.717) is 23.6 Å². The molecule has 1 atom stereocenters. The van der Waals surface area contributed by atoms with Crippen LogP contribution in [-0.4, -0.2) is 43.6 Å². The summed E-state index contributed by atoms with van der Waals surface area (Å²) in [6.07, 6.45) is 0.879. The number of nitrogens with one attached hydrogen (secondary N) is 3. The summed E-state index contributed by atoms with van der Waals surface area (Å²) in [7, 11) is 0. The van der Waals surface area contributed by atoms with Crippen LogP contribution < -0.4 is 21.7 Å². The first-order valence-corrected chi connectivity index (χ1v) is 18.7. The van der Waals surface area contributed by atoms with E-state index in [4.69, 9.17) is 10.7 Å². The number of rotatable bonds is 14. The Labute approximate surface area is 324 Å². The second-order valence-corrected chi connectivity index (χ2v) is 13.7. The van der Waals surface area contributed by atoms with Gasteiger partial charge in [0.15, 0.2) is 5.82 Å². The first-order chi connectivity index (χ1) is 27.3. The number of nitrogens with zero attached hydrogens (tertiary/aromatic N) is 3. The number of pyridine rings is 1. The average molecular weight is 746 g/mol. The number of nitrogens with two attached hydrogens (primary N) is 1. The number of carbonyl (C=O) groups excluding carboxylic acids is 2. The standard InChI is InChI=1S/C45H43N7O4/c1-2-3-23-38-50-40-41(35-21-13-14-22-36(35)48-42(40)46)52(38)29-30-24-26-34(27-25-30)47-43(54)37(49-44(55)56)28-39(53)51-45(31-15-7-4-8-16-31,32-17-9-5-10-18-32)33-19-11-6-12-20-33/h4-22,24-27,37,49H,2-3,23,28-29H2,1H3,(H2,46,48)(H,47,54)(H,51,53)(H,55,56)/t37-/m0/s1. The molecule has 11 nitrogen and oxygen atoms in total. The van der Waals surface area contributed by atoms with Crippen LogP contribution in [0, 0.1) is 0 Å². The third kappa shape index (κ3) is 7.78. The number of unbranched alkanes of at least 4 members (excludes halogenated alkanes) is 1. The Balaban J connectivity index is 1.13. The van der Waals surface area contributed by atoms with Gasteiger partial charge >= 0.3 is 6.09 Å². The van der Waals surface area contributed by atoms with Crippen LogP contribution in [0.4, 0.5) is 16.3 Å². The van der Waals surface area contributed by atoms with E-state index in [1.807, 2.05) is 127 Å². The van der Waals surface area contributed by atoms with Gasteiger partial charge in [-0.25, -0.2) is 14.8 Å². The second kappa shape index (κ2) is 16.6. The third-order valence-electron chi connectivity index (χ3n) is 9.96. The van der Waals surface area contributed by atoms with Crippen molar-refractivity contribution in [2.24, 2.45) is 0 Å². The van der Waals surface area contributed by atoms with Gasteiger partial charge in [-0.3, -0.25) is 9.59 Å². The van der Waals surface area contributed by atoms with Crippen LogP contribution in [0.15, 0.2) is 140 Å². The van der Waals surface area contributed by atoms with Crippen LogP contribution in [0.2, 0.25) is 0 Å². The average Bonchev–Trinajstić information content (AvgIpc) is 3.59. The van der Waals surface area contributed by atoms with Crippen molar-refractivity contribution < 1.29 is 19.5 Å². The summed E-state index contributed by atoms with van der Waals surface area (Å²) in [5, 5.41) is 19.0. The molecule has 2 heterocycles. The SMILES string of the molecule is CCCCc1nc2c(N)nc3ccccc3c2n1Cc1ccc(NC(=O)[C@H](CC(=O)NC(c2ccccc2)(c2ccccc2)c2ccccc2)NC(=O)O)cc1. The van der Waals surface area contributed by atoms with Gasteiger partial charge in [-0.05, 0) is 46.9 Å². The Hall–Kier alpha value is -7.01. The molecule has 0 aliphatic rings. The Morgan fingerprint density at radius 1 is 0.768 bits per heavy atom. The zero-order valence-electron chi connectivity index (χ0n) is 31.0. The number of hydrogen-bond donors (Lipinski definition) is 5. The first-order valence-electron chi connectivity index (χ1n) is 18.7. The van der Waals surface area contributed by atoms with E-state index < -0.39 is 35.9 Å². The Morgan fingerprint density at radius 2 is 1.34 bits per heavy atom. The zero-order valence-corrected chi connectivity index (χ0v) is 31.0. The maximum absolute atomic E-state index is 14.1. The lowest BCUT2D eigenvalue weighted by atomic mass is 9.77. The van der Waals surface area contributed by atoms with Crippen molar-refractivity contribution in [3.05, 3.63) is 168 Å². The number of fused-ring (bicyclic) bond motifs is 3. The van der Waals surface area contributed by atoms with Gasteiger partial charge in [0.2, 0.25) is 11.8 Å². The molecule has 0 aliphatic carbocycles. The minimum atomic E-state index is -1.43. The van der Waals surface area contributed by atoms with E-state index in [2.05, 4.69) is 32.4 Å². The molecule has 11 heteroatoms. The number of aryl methyl sites for hydroxylation is 1. The number of imidazole rings is 1. The van der Waals surface area contributed by atoms with Crippen LogP contribution >= 0.6 is 0 Å². The highest BCUT2D eigenvalue weighted by Crippen LogP contribution is 2.37. The molecule has 3 amide bonds. The summed E-state index contributed by atoms with van der Waals surface area (Å²) in [6.45, 7) is 2.65. The van der Waals surface area contributed by atoms with Crippen LogP contribution in [0.1, 0.15) is 54.3 Å². The summed E-state index contributed by atoms with van der Waals surface area (Å²) in [4.78, 5) is 49.2. The van der Waals surface area contributed by atoms with E-state index in [1.54, 1.807) is 12.1 Å². The van der Waals surface area contributed by atoms with Crippen molar-refractivity contribution in [1.29, 1.82) is 0 Å². The lowest BCUT2D eigenvalue weighted by Gasteiger charge is -2.37. The monoisotopic (exact) mass is 745 g/mol. The summed E-state index contributed by atoms with van der Waals surface area (Å²) < 4.78 is 2.19. The fourth-order valence-electron chi connectivity index (χ4n) is 7.29. The number of carboxylic acid groups (broad SMARTS) is 1. The molecule has 7 aromatic rings. The van der Waals surface area contributed by atoms with Crippen LogP contribution in [0.25, 0.3) is 21.9 Å². The van der Waals surface area contributed by atoms with Crippen LogP contribution in [0.3, 0.4) is 0 Å². The highest BCUT2D eigenvalue weighted by molar-refractivity contribution is 6.06. The lowest BCUT2D eigenvalue weighted by Crippen LogP contribution is -2.51. The summed E-state index contributed by atoms with van der Waals surface area (Å²) >= 11 is 0. The minimum Gasteiger partial charge on any atom is -0.465 e. The van der Waals surface area contributed by atoms with Gasteiger partial charge in [0.25, 0.3) is 0 Å². The molecule has 0 unspecified atom stereocenters. The molecule has 0 saturated carbocycles. The smallest absolute Gasteiger partial charge is 0.405 e. The lowest BCUT2D eigenvalue weighted by molar-refractivity contribution is -0.126. The van der Waals surface area contributed by atoms with E-state index in [-0.39, 0.29) is 0 Å². The van der Waals surface area contributed by atoms with Gasteiger partial charge in [-0.2, -0.15) is 0 Å². The Kier molecular flexibility index (Phi) is 11.0. The van der Waals surface area contributed by atoms with Crippen molar-refractivity contribution in [3.63, 3.8) is 0 Å². The van der Waals surface area contributed by atoms with Crippen molar-refractivity contribution in [2.75, 3.05) is 11.1 Å². The number of amides is 3. The summed E-state index contributed by atoms with van der Waals surface area (Å²) in [6, 6.07) is 42.5. The highest BCUT2D eigenvalue weighted by Gasteiger charge is 2.39. The van der Waals surface area contributed by atoms with E-state index >= 15 is 0 Å². The molecule has 0 bridgehead atoms. The molecule has 0 aliphatic heterocycles. The van der Waals surface area contributed by atoms with Crippen molar-refractivity contribution in [3.8, 4) is 0 Å². The van der Waals surface area contributed by atoms with E-state index in [1.165, 1.54) is 0 Å². The van der Waals surface area contributed by atoms with Crippen molar-refractivity contribution in [2.45, 2.75) is 50.7 Å². The molecule has 0 radical (unpaired) electrons. The number of benzene rings is 5. The molecule has 0 spiro atoms. The number of nitrogen functional groups attached to an aromatic ring is 1. The highest BCUT2D eigenvalue weighted by atomic mass is 16.4. The normalized spacial score (nSPS) is 11.9. The second-order valence-electron chi connectivity index (χ2n) is 13.7. The third-order valence-corrected chi connectivity index (χ3v) is 9.96. The minimum absolute atomic E-state index is 0.386. The first kappa shape index (κ1) is 37.3. The summed E-state index contributed by atoms with van der Waals surface area (Å²) in [5.41, 5.74) is 11.5. The van der Waals surface area contributed by atoms with Crippen molar-refractivity contribution in [1.82, 2.24) is 25.2 Å². The molecular weight excluding hydrogens is 703 g/mol. The number of carbonyl (C=O) groups is 3. The quantitative estimate of drug-likeness (QED) is 0.0715. The summed E-state index contributed by atoms with van der Waals surface area (Å²) in [5.74, 6) is 0.107. The maximum atomic E-state index is 14.1. The molecule has 0 saturated heterocycles. The molecule has 56 heavy (non-hydrogen) atoms. The van der Waals surface area contributed by atoms with Crippen LogP contribution in [-0.2, 0) is 28.1 Å². The predicted octanol–water partition coefficient (Wildman–Crippen LogP) is 7.63. The fourth-order valence-corrected chi connectivity index (χ4v) is 7.29. The number of hydrogen-bond acceptors (Lipinski definition) is 6. The molecule has 5 aromatic carbocycles. The molecule has 0 fully saturated rings. The topological polar surface area (TPSA) is 164 Å². The van der Waals surface area contributed by atoms with Crippen LogP contribution in [0.5, 0.6) is 0 Å². The number of aromatic nitrogens is 3. The molecule has 2 aromatic heterocycles. The van der Waals surface area contributed by atoms with E-state index in [0.717, 1.165) is 63.8 Å². The van der Waals surface area contributed by atoms with Crippen molar-refractivity contribution >= 4 is 51.3 Å². The Morgan fingerprint density at radius 3 is 1.91 bits per heavy atom. The molecule has 6 N–H and O–H groups in total. The maximum Gasteiger partial charge on any atom is 0.405 e. The molecule has 282 valence electrons. The Bertz CT molecular complexity index is 2370. The number of para-hydroxylation sites is 1. The van der Waals surface area contributed by atoms with Gasteiger partial charge < -0.3 is 31.4 Å². The van der Waals surface area contributed by atoms with Gasteiger partial charge in [-0.15, -0.1) is 0 Å². The fraction of sp³-hybridized carbons (Fsp3) is 0.178. The predicted molar refractivity (Wildman–Crippen MR) is 219 cm³/mol. The largest absolute Gasteiger partial charge is 0.465 e. The van der Waals surface area contributed by atoms with E-state index in [9.17, 15) is 19.5 Å². The molecular formula is C45H43N7O4. The van der Waals surface area contributed by atoms with Gasteiger partial charge in [-0.1, -0.05) is 135 Å². The van der Waals surface area contributed by atoms with Gasteiger partial charge in [0, 0.05) is 24.0 Å². The van der Waals surface area contributed by atoms with Gasteiger partial charge in [0.05, 0.1) is 17.5 Å². The number of anilines is 2. The van der Waals surface area contributed by atoms with Gasteiger partial charge in [0.1, 0.15) is 22.9 Å². The zero-order chi connectivity index (χ0) is 39.1.